The first-order valence-electron chi connectivity index (χ1n) is 7.45. The van der Waals surface area contributed by atoms with Gasteiger partial charge in [0.2, 0.25) is 10.0 Å². The molecule has 1 aliphatic rings. The average molecular weight is 335 g/mol. The van der Waals surface area contributed by atoms with Crippen LogP contribution in [-0.4, -0.2) is 35.5 Å². The van der Waals surface area contributed by atoms with Gasteiger partial charge < -0.3 is 0 Å². The molecule has 0 aliphatic carbocycles. The Morgan fingerprint density at radius 1 is 1.35 bits per heavy atom. The van der Waals surface area contributed by atoms with Crippen molar-refractivity contribution in [1.82, 2.24) is 14.3 Å². The number of sulfonamides is 1. The first-order chi connectivity index (χ1) is 10.9. The van der Waals surface area contributed by atoms with E-state index >= 15 is 0 Å². The summed E-state index contributed by atoms with van der Waals surface area (Å²) >= 11 is 0. The summed E-state index contributed by atoms with van der Waals surface area (Å²) in [7, 11) is -3.26. The van der Waals surface area contributed by atoms with Crippen LogP contribution < -0.4 is 0 Å². The van der Waals surface area contributed by atoms with Crippen LogP contribution in [0, 0.1) is 5.82 Å². The maximum atomic E-state index is 13.3. The van der Waals surface area contributed by atoms with E-state index < -0.39 is 10.0 Å². The molecular weight excluding hydrogens is 317 g/mol. The minimum Gasteiger partial charge on any atom is -0.261 e. The third-order valence-electron chi connectivity index (χ3n) is 3.95. The molecule has 0 N–H and O–H groups in total. The summed E-state index contributed by atoms with van der Waals surface area (Å²) in [6, 6.07) is 6.09. The van der Waals surface area contributed by atoms with Gasteiger partial charge in [0.05, 0.1) is 29.9 Å². The normalized spacial score (nSPS) is 19.1. The molecule has 0 amide bonds. The molecule has 2 heterocycles. The lowest BCUT2D eigenvalue weighted by Gasteiger charge is -2.21. The van der Waals surface area contributed by atoms with Crippen LogP contribution in [0.5, 0.6) is 0 Å². The molecule has 3 rings (SSSR count). The van der Waals surface area contributed by atoms with E-state index in [0.717, 1.165) is 18.4 Å². The van der Waals surface area contributed by atoms with Gasteiger partial charge in [0.1, 0.15) is 5.82 Å². The van der Waals surface area contributed by atoms with Crippen LogP contribution in [0.2, 0.25) is 0 Å². The highest BCUT2D eigenvalue weighted by atomic mass is 32.2. The van der Waals surface area contributed by atoms with Crippen molar-refractivity contribution in [3.05, 3.63) is 59.4 Å². The van der Waals surface area contributed by atoms with Crippen LogP contribution in [-0.2, 0) is 16.4 Å². The van der Waals surface area contributed by atoms with Crippen LogP contribution in [0.25, 0.3) is 0 Å². The van der Waals surface area contributed by atoms with Crippen LogP contribution in [0.15, 0.2) is 36.7 Å². The van der Waals surface area contributed by atoms with Gasteiger partial charge in [0.15, 0.2) is 0 Å². The molecule has 7 heteroatoms. The molecule has 0 radical (unpaired) electrons. The Morgan fingerprint density at radius 3 is 2.91 bits per heavy atom. The van der Waals surface area contributed by atoms with Crippen molar-refractivity contribution < 1.29 is 12.8 Å². The van der Waals surface area contributed by atoms with Crippen LogP contribution >= 0.6 is 0 Å². The molecule has 5 nitrogen and oxygen atoms in total. The molecule has 1 aromatic heterocycles. The average Bonchev–Trinajstić information content (AvgIpc) is 2.97. The second-order valence-electron chi connectivity index (χ2n) is 5.77. The zero-order valence-corrected chi connectivity index (χ0v) is 13.6. The first kappa shape index (κ1) is 16.0. The van der Waals surface area contributed by atoms with E-state index in [-0.39, 0.29) is 11.9 Å². The van der Waals surface area contributed by atoms with Crippen LogP contribution in [0.3, 0.4) is 0 Å². The molecule has 1 aliphatic heterocycles. The van der Waals surface area contributed by atoms with E-state index in [1.165, 1.54) is 22.7 Å². The third kappa shape index (κ3) is 3.73. The fourth-order valence-corrected chi connectivity index (χ4v) is 4.09. The van der Waals surface area contributed by atoms with E-state index in [2.05, 4.69) is 9.97 Å². The van der Waals surface area contributed by atoms with Gasteiger partial charge in [0.25, 0.3) is 0 Å². The SMILES string of the molecule is CS(=O)(=O)N1CCC[C@@H]1c1cncc(Cc2cccc(F)c2)n1. The Balaban J connectivity index is 1.85. The van der Waals surface area contributed by atoms with Crippen molar-refractivity contribution in [3.63, 3.8) is 0 Å². The summed E-state index contributed by atoms with van der Waals surface area (Å²) in [5.41, 5.74) is 2.16. The van der Waals surface area contributed by atoms with Crippen molar-refractivity contribution >= 4 is 10.0 Å². The van der Waals surface area contributed by atoms with E-state index in [4.69, 9.17) is 0 Å². The highest BCUT2D eigenvalue weighted by Crippen LogP contribution is 2.32. The van der Waals surface area contributed by atoms with Gasteiger partial charge in [-0.1, -0.05) is 12.1 Å². The minimum absolute atomic E-state index is 0.259. The van der Waals surface area contributed by atoms with Crippen molar-refractivity contribution in [2.75, 3.05) is 12.8 Å². The largest absolute Gasteiger partial charge is 0.261 e. The van der Waals surface area contributed by atoms with Gasteiger partial charge in [-0.25, -0.2) is 12.8 Å². The lowest BCUT2D eigenvalue weighted by molar-refractivity contribution is 0.392. The van der Waals surface area contributed by atoms with Crippen molar-refractivity contribution in [1.29, 1.82) is 0 Å². The third-order valence-corrected chi connectivity index (χ3v) is 5.24. The molecule has 0 bridgehead atoms. The van der Waals surface area contributed by atoms with Gasteiger partial charge in [0, 0.05) is 19.2 Å². The standard InChI is InChI=1S/C16H18FN3O2S/c1-23(21,22)20-7-3-6-16(20)15-11-18-10-14(19-15)9-12-4-2-5-13(17)8-12/h2,4-5,8,10-11,16H,3,6-7,9H2,1H3/t16-/m1/s1. The van der Waals surface area contributed by atoms with Crippen molar-refractivity contribution in [3.8, 4) is 0 Å². The number of nitrogens with zero attached hydrogens (tertiary/aromatic N) is 3. The quantitative estimate of drug-likeness (QED) is 0.860. The smallest absolute Gasteiger partial charge is 0.211 e. The monoisotopic (exact) mass is 335 g/mol. The predicted molar refractivity (Wildman–Crippen MR) is 84.8 cm³/mol. The fraction of sp³-hybridized carbons (Fsp3) is 0.375. The van der Waals surface area contributed by atoms with E-state index in [1.807, 2.05) is 6.07 Å². The van der Waals surface area contributed by atoms with Crippen molar-refractivity contribution in [2.24, 2.45) is 0 Å². The Bertz CT molecular complexity index is 810. The number of benzene rings is 1. The predicted octanol–water partition coefficient (Wildman–Crippen LogP) is 2.30. The molecule has 0 spiro atoms. The highest BCUT2D eigenvalue weighted by molar-refractivity contribution is 7.88. The lowest BCUT2D eigenvalue weighted by atomic mass is 10.1. The van der Waals surface area contributed by atoms with Gasteiger partial charge in [-0.05, 0) is 30.5 Å². The van der Waals surface area contributed by atoms with Gasteiger partial charge in [-0.2, -0.15) is 4.31 Å². The number of hydrogen-bond acceptors (Lipinski definition) is 4. The molecule has 23 heavy (non-hydrogen) atoms. The van der Waals surface area contributed by atoms with Crippen LogP contribution in [0.1, 0.15) is 35.8 Å². The number of rotatable bonds is 4. The maximum Gasteiger partial charge on any atom is 0.211 e. The molecule has 1 fully saturated rings. The van der Waals surface area contributed by atoms with E-state index in [1.54, 1.807) is 18.5 Å². The molecule has 122 valence electrons. The lowest BCUT2D eigenvalue weighted by Crippen LogP contribution is -2.30. The maximum absolute atomic E-state index is 13.3. The zero-order valence-electron chi connectivity index (χ0n) is 12.8. The molecule has 1 atom stereocenters. The molecule has 2 aromatic rings. The summed E-state index contributed by atoms with van der Waals surface area (Å²) in [4.78, 5) is 8.74. The number of aromatic nitrogens is 2. The molecule has 1 aromatic carbocycles. The van der Waals surface area contributed by atoms with Crippen LogP contribution in [0.4, 0.5) is 4.39 Å². The van der Waals surface area contributed by atoms with Gasteiger partial charge >= 0.3 is 0 Å². The Labute approximate surface area is 135 Å². The highest BCUT2D eigenvalue weighted by Gasteiger charge is 2.33. The number of halogens is 1. The van der Waals surface area contributed by atoms with E-state index in [0.29, 0.717) is 24.4 Å². The second-order valence-corrected chi connectivity index (χ2v) is 7.71. The van der Waals surface area contributed by atoms with Gasteiger partial charge in [-0.15, -0.1) is 0 Å². The summed E-state index contributed by atoms with van der Waals surface area (Å²) in [5, 5.41) is 0. The van der Waals surface area contributed by atoms with Gasteiger partial charge in [-0.3, -0.25) is 9.97 Å². The minimum atomic E-state index is -3.26. The molecular formula is C16H18FN3O2S. The first-order valence-corrected chi connectivity index (χ1v) is 9.30. The summed E-state index contributed by atoms with van der Waals surface area (Å²) in [5.74, 6) is -0.286. The zero-order chi connectivity index (χ0) is 16.4. The second kappa shape index (κ2) is 6.33. The summed E-state index contributed by atoms with van der Waals surface area (Å²) in [6.07, 6.45) is 6.48. The summed E-state index contributed by atoms with van der Waals surface area (Å²) in [6.45, 7) is 0.513. The van der Waals surface area contributed by atoms with E-state index in [9.17, 15) is 12.8 Å². The fourth-order valence-electron chi connectivity index (χ4n) is 2.96. The topological polar surface area (TPSA) is 63.2 Å². The molecule has 0 saturated carbocycles. The molecule has 0 unspecified atom stereocenters. The number of hydrogen-bond donors (Lipinski definition) is 0. The summed E-state index contributed by atoms with van der Waals surface area (Å²) < 4.78 is 38.5. The molecule has 1 saturated heterocycles. The Morgan fingerprint density at radius 2 is 2.17 bits per heavy atom. The Hall–Kier alpha value is -1.86. The Kier molecular flexibility index (Phi) is 4.41. The van der Waals surface area contributed by atoms with Crippen molar-refractivity contribution in [2.45, 2.75) is 25.3 Å².